The number of hydrogen-bond acceptors (Lipinski definition) is 3. The third kappa shape index (κ3) is 4.14. The molecule has 0 saturated carbocycles. The van der Waals surface area contributed by atoms with Crippen molar-refractivity contribution >= 4 is 11.8 Å². The molecule has 0 aromatic heterocycles. The third-order valence-corrected chi connectivity index (χ3v) is 4.76. The van der Waals surface area contributed by atoms with Crippen LogP contribution in [-0.2, 0) is 6.54 Å². The van der Waals surface area contributed by atoms with Crippen LogP contribution >= 0.6 is 0 Å². The Morgan fingerprint density at radius 1 is 1.04 bits per heavy atom. The number of carboxylic acid groups (broad SMARTS) is 1. The number of nitrogens with zero attached hydrogens (tertiary/aromatic N) is 1. The summed E-state index contributed by atoms with van der Waals surface area (Å²) in [5.41, 5.74) is 1.07. The van der Waals surface area contributed by atoms with Crippen LogP contribution in [0.3, 0.4) is 0 Å². The average Bonchev–Trinajstić information content (AvgIpc) is 2.64. The van der Waals surface area contributed by atoms with Crippen LogP contribution < -0.4 is 0 Å². The van der Waals surface area contributed by atoms with Gasteiger partial charge in [0.2, 0.25) is 0 Å². The normalized spacial score (nSPS) is 15.8. The van der Waals surface area contributed by atoms with Crippen molar-refractivity contribution in [2.45, 2.75) is 19.4 Å². The number of halogens is 2. The van der Waals surface area contributed by atoms with Gasteiger partial charge in [-0.1, -0.05) is 12.1 Å². The Hall–Kier alpha value is -2.60. The van der Waals surface area contributed by atoms with Crippen LogP contribution in [-0.4, -0.2) is 34.8 Å². The van der Waals surface area contributed by atoms with Gasteiger partial charge in [0.05, 0.1) is 11.1 Å². The Morgan fingerprint density at radius 3 is 2.31 bits per heavy atom. The number of rotatable bonds is 5. The van der Waals surface area contributed by atoms with Crippen molar-refractivity contribution in [1.29, 1.82) is 0 Å². The molecule has 2 aromatic rings. The summed E-state index contributed by atoms with van der Waals surface area (Å²) in [6.07, 6.45) is 1.17. The van der Waals surface area contributed by atoms with Crippen LogP contribution in [0.2, 0.25) is 0 Å². The van der Waals surface area contributed by atoms with E-state index < -0.39 is 17.6 Å². The molecule has 1 aliphatic rings. The van der Waals surface area contributed by atoms with Crippen molar-refractivity contribution in [3.05, 3.63) is 70.8 Å². The summed E-state index contributed by atoms with van der Waals surface area (Å²) in [7, 11) is 0. The van der Waals surface area contributed by atoms with Crippen LogP contribution in [0.5, 0.6) is 0 Å². The van der Waals surface area contributed by atoms with Crippen LogP contribution in [0, 0.1) is 17.6 Å². The van der Waals surface area contributed by atoms with E-state index in [1.54, 1.807) is 24.3 Å². The van der Waals surface area contributed by atoms with Crippen LogP contribution in [0.4, 0.5) is 8.78 Å². The maximum atomic E-state index is 13.8. The number of aromatic carboxylic acids is 1. The zero-order valence-electron chi connectivity index (χ0n) is 14.1. The summed E-state index contributed by atoms with van der Waals surface area (Å²) in [5, 5.41) is 8.92. The van der Waals surface area contributed by atoms with Gasteiger partial charge in [0.1, 0.15) is 11.6 Å². The van der Waals surface area contributed by atoms with Gasteiger partial charge >= 0.3 is 5.97 Å². The number of Topliss-reactive ketones (excluding diaryl/α,β-unsaturated/α-hetero) is 1. The second-order valence-corrected chi connectivity index (χ2v) is 6.54. The van der Waals surface area contributed by atoms with Crippen molar-refractivity contribution < 1.29 is 23.5 Å². The first-order valence-corrected chi connectivity index (χ1v) is 8.48. The topological polar surface area (TPSA) is 57.6 Å². The van der Waals surface area contributed by atoms with Crippen LogP contribution in [0.1, 0.15) is 39.1 Å². The molecule has 26 heavy (non-hydrogen) atoms. The highest BCUT2D eigenvalue weighted by Gasteiger charge is 2.27. The highest BCUT2D eigenvalue weighted by atomic mass is 19.1. The fraction of sp³-hybridized carbons (Fsp3) is 0.300. The highest BCUT2D eigenvalue weighted by molar-refractivity contribution is 5.98. The Bertz CT molecular complexity index is 812. The minimum absolute atomic E-state index is 0.173. The lowest BCUT2D eigenvalue weighted by Crippen LogP contribution is -2.36. The number of hydrogen-bond donors (Lipinski definition) is 1. The van der Waals surface area contributed by atoms with Gasteiger partial charge in [-0.05, 0) is 61.8 Å². The van der Waals surface area contributed by atoms with E-state index in [4.69, 9.17) is 5.11 Å². The maximum absolute atomic E-state index is 13.8. The minimum atomic E-state index is -0.958. The van der Waals surface area contributed by atoms with Gasteiger partial charge in [-0.25, -0.2) is 13.6 Å². The number of ketones is 1. The maximum Gasteiger partial charge on any atom is 0.335 e. The van der Waals surface area contributed by atoms with Crippen LogP contribution in [0.15, 0.2) is 42.5 Å². The van der Waals surface area contributed by atoms with E-state index in [0.717, 1.165) is 23.8 Å². The average molecular weight is 359 g/mol. The summed E-state index contributed by atoms with van der Waals surface area (Å²) in [6.45, 7) is 2.01. The molecule has 1 saturated heterocycles. The van der Waals surface area contributed by atoms with E-state index in [2.05, 4.69) is 4.90 Å². The number of carboxylic acids is 1. The van der Waals surface area contributed by atoms with E-state index in [9.17, 15) is 18.4 Å². The smallest absolute Gasteiger partial charge is 0.335 e. The SMILES string of the molecule is O=C(O)c1ccc(CN2CCC(C(=O)c3cc(F)ccc3F)CC2)cc1. The number of carbonyl (C=O) groups excluding carboxylic acids is 1. The number of carbonyl (C=O) groups is 2. The lowest BCUT2D eigenvalue weighted by atomic mass is 9.88. The van der Waals surface area contributed by atoms with E-state index >= 15 is 0 Å². The molecule has 1 heterocycles. The molecule has 0 atom stereocenters. The van der Waals surface area contributed by atoms with E-state index in [0.29, 0.717) is 32.5 Å². The number of piperidine rings is 1. The predicted octanol–water partition coefficient (Wildman–Crippen LogP) is 3.76. The first-order valence-electron chi connectivity index (χ1n) is 8.48. The standard InChI is InChI=1S/C20H19F2NO3/c21-16-5-6-18(22)17(11-16)19(24)14-7-9-23(10-8-14)12-13-1-3-15(4-2-13)20(25)26/h1-6,11,14H,7-10,12H2,(H,25,26). The monoisotopic (exact) mass is 359 g/mol. The molecule has 1 N–H and O–H groups in total. The molecule has 2 aromatic carbocycles. The molecule has 1 fully saturated rings. The van der Waals surface area contributed by atoms with Crippen molar-refractivity contribution in [2.75, 3.05) is 13.1 Å². The molecular formula is C20H19F2NO3. The molecule has 136 valence electrons. The van der Waals surface area contributed by atoms with Gasteiger partial charge in [-0.3, -0.25) is 9.69 Å². The second-order valence-electron chi connectivity index (χ2n) is 6.54. The van der Waals surface area contributed by atoms with Gasteiger partial charge in [0, 0.05) is 12.5 Å². The van der Waals surface area contributed by atoms with E-state index in [1.807, 2.05) is 0 Å². The Labute approximate surface area is 150 Å². The first-order chi connectivity index (χ1) is 12.4. The third-order valence-electron chi connectivity index (χ3n) is 4.76. The number of benzene rings is 2. The molecular weight excluding hydrogens is 340 g/mol. The first kappa shape index (κ1) is 18.2. The molecule has 0 unspecified atom stereocenters. The largest absolute Gasteiger partial charge is 0.478 e. The molecule has 0 aliphatic carbocycles. The quantitative estimate of drug-likeness (QED) is 0.826. The second kappa shape index (κ2) is 7.74. The van der Waals surface area contributed by atoms with Crippen molar-refractivity contribution in [3.8, 4) is 0 Å². The lowest BCUT2D eigenvalue weighted by molar-refractivity contribution is 0.0696. The molecule has 0 radical (unpaired) electrons. The van der Waals surface area contributed by atoms with Crippen LogP contribution in [0.25, 0.3) is 0 Å². The predicted molar refractivity (Wildman–Crippen MR) is 92.1 cm³/mol. The zero-order chi connectivity index (χ0) is 18.7. The van der Waals surface area contributed by atoms with Gasteiger partial charge < -0.3 is 5.11 Å². The molecule has 0 amide bonds. The van der Waals surface area contributed by atoms with Crippen molar-refractivity contribution in [2.24, 2.45) is 5.92 Å². The molecule has 3 rings (SSSR count). The fourth-order valence-electron chi connectivity index (χ4n) is 3.27. The molecule has 0 bridgehead atoms. The molecule has 6 heteroatoms. The molecule has 4 nitrogen and oxygen atoms in total. The summed E-state index contributed by atoms with van der Waals surface area (Å²) in [5.74, 6) is -2.90. The van der Waals surface area contributed by atoms with Gasteiger partial charge in [-0.15, -0.1) is 0 Å². The van der Waals surface area contributed by atoms with Crippen molar-refractivity contribution in [3.63, 3.8) is 0 Å². The Balaban J connectivity index is 1.57. The minimum Gasteiger partial charge on any atom is -0.478 e. The fourth-order valence-corrected chi connectivity index (χ4v) is 3.27. The molecule has 1 aliphatic heterocycles. The van der Waals surface area contributed by atoms with Gasteiger partial charge in [0.15, 0.2) is 5.78 Å². The van der Waals surface area contributed by atoms with E-state index in [-0.39, 0.29) is 22.8 Å². The Kier molecular flexibility index (Phi) is 5.42. The zero-order valence-corrected chi connectivity index (χ0v) is 14.1. The lowest BCUT2D eigenvalue weighted by Gasteiger charge is -2.31. The van der Waals surface area contributed by atoms with E-state index in [1.165, 1.54) is 0 Å². The molecule has 0 spiro atoms. The summed E-state index contributed by atoms with van der Waals surface area (Å²) in [6, 6.07) is 9.66. The number of likely N-dealkylation sites (tertiary alicyclic amines) is 1. The van der Waals surface area contributed by atoms with Gasteiger partial charge in [0.25, 0.3) is 0 Å². The highest BCUT2D eigenvalue weighted by Crippen LogP contribution is 2.24. The van der Waals surface area contributed by atoms with Crippen molar-refractivity contribution in [1.82, 2.24) is 4.90 Å². The summed E-state index contributed by atoms with van der Waals surface area (Å²) in [4.78, 5) is 25.5. The summed E-state index contributed by atoms with van der Waals surface area (Å²) < 4.78 is 27.1. The summed E-state index contributed by atoms with van der Waals surface area (Å²) >= 11 is 0. The Morgan fingerprint density at radius 2 is 1.69 bits per heavy atom. The van der Waals surface area contributed by atoms with Gasteiger partial charge in [-0.2, -0.15) is 0 Å².